The van der Waals surface area contributed by atoms with Crippen molar-refractivity contribution in [1.29, 1.82) is 0 Å². The number of rotatable bonds is 4. The first-order chi connectivity index (χ1) is 9.85. The fraction of sp³-hybridized carbons (Fsp3) is 0.500. The smallest absolute Gasteiger partial charge is 0.259 e. The van der Waals surface area contributed by atoms with E-state index in [9.17, 15) is 13.2 Å². The predicted octanol–water partition coefficient (Wildman–Crippen LogP) is 0.927. The third-order valence-corrected chi connectivity index (χ3v) is 5.40. The summed E-state index contributed by atoms with van der Waals surface area (Å²) >= 11 is 0. The Morgan fingerprint density at radius 1 is 1.48 bits per heavy atom. The van der Waals surface area contributed by atoms with Gasteiger partial charge in [0.1, 0.15) is 11.3 Å². The van der Waals surface area contributed by atoms with Gasteiger partial charge in [-0.2, -0.15) is 0 Å². The van der Waals surface area contributed by atoms with Crippen LogP contribution in [0.3, 0.4) is 0 Å². The van der Waals surface area contributed by atoms with Gasteiger partial charge in [0.05, 0.1) is 18.1 Å². The Balaban J connectivity index is 2.28. The molecule has 1 aliphatic rings. The summed E-state index contributed by atoms with van der Waals surface area (Å²) in [6.45, 7) is 2.25. The maximum absolute atomic E-state index is 12.6. The zero-order chi connectivity index (χ0) is 15.6. The van der Waals surface area contributed by atoms with E-state index in [1.54, 1.807) is 25.2 Å². The van der Waals surface area contributed by atoms with E-state index in [0.29, 0.717) is 30.0 Å². The summed E-state index contributed by atoms with van der Waals surface area (Å²) in [5.41, 5.74) is 6.53. The van der Waals surface area contributed by atoms with Gasteiger partial charge in [-0.3, -0.25) is 4.79 Å². The van der Waals surface area contributed by atoms with Crippen LogP contribution in [0.1, 0.15) is 23.7 Å². The normalized spacial score (nSPS) is 20.2. The molecule has 6 nitrogen and oxygen atoms in total. The quantitative estimate of drug-likeness (QED) is 0.835. The van der Waals surface area contributed by atoms with Gasteiger partial charge >= 0.3 is 0 Å². The summed E-state index contributed by atoms with van der Waals surface area (Å²) in [4.78, 5) is 14.1. The van der Waals surface area contributed by atoms with Crippen molar-refractivity contribution in [3.63, 3.8) is 0 Å². The van der Waals surface area contributed by atoms with E-state index in [2.05, 4.69) is 0 Å². The van der Waals surface area contributed by atoms with Crippen molar-refractivity contribution in [2.24, 2.45) is 0 Å². The van der Waals surface area contributed by atoms with Crippen LogP contribution in [0.4, 0.5) is 5.69 Å². The van der Waals surface area contributed by atoms with E-state index >= 15 is 0 Å². The summed E-state index contributed by atoms with van der Waals surface area (Å²) in [7, 11) is -1.44. The Morgan fingerprint density at radius 2 is 2.19 bits per heavy atom. The summed E-state index contributed by atoms with van der Waals surface area (Å²) in [5, 5.41) is 0. The molecule has 1 saturated heterocycles. The molecule has 0 saturated carbocycles. The van der Waals surface area contributed by atoms with Gasteiger partial charge in [-0.25, -0.2) is 8.42 Å². The molecule has 1 aromatic rings. The molecule has 1 unspecified atom stereocenters. The van der Waals surface area contributed by atoms with Crippen LogP contribution in [0, 0.1) is 0 Å². The Kier molecular flexibility index (Phi) is 4.41. The first-order valence-electron chi connectivity index (χ1n) is 6.84. The third-order valence-electron chi connectivity index (χ3n) is 3.65. The number of nitrogens with two attached hydrogens (primary N) is 1. The van der Waals surface area contributed by atoms with E-state index in [-0.39, 0.29) is 23.5 Å². The molecule has 0 radical (unpaired) electrons. The number of nitrogen functional groups attached to an aromatic ring is 1. The number of benzene rings is 1. The van der Waals surface area contributed by atoms with Gasteiger partial charge in [0.25, 0.3) is 5.91 Å². The molecule has 116 valence electrons. The van der Waals surface area contributed by atoms with Gasteiger partial charge in [-0.1, -0.05) is 6.07 Å². The molecule has 0 spiro atoms. The summed E-state index contributed by atoms with van der Waals surface area (Å²) in [5.74, 6) is 0.248. The van der Waals surface area contributed by atoms with Crippen LogP contribution in [0.15, 0.2) is 18.2 Å². The van der Waals surface area contributed by atoms with Gasteiger partial charge in [0.2, 0.25) is 0 Å². The molecule has 2 rings (SSSR count). The van der Waals surface area contributed by atoms with Crippen molar-refractivity contribution in [3.8, 4) is 5.75 Å². The number of carbonyl (C=O) groups is 1. The van der Waals surface area contributed by atoms with Crippen LogP contribution in [0.5, 0.6) is 5.75 Å². The zero-order valence-electron chi connectivity index (χ0n) is 12.2. The Labute approximate surface area is 124 Å². The lowest BCUT2D eigenvalue weighted by Crippen LogP contribution is -2.38. The topological polar surface area (TPSA) is 89.7 Å². The average Bonchev–Trinajstić information content (AvgIpc) is 2.78. The first kappa shape index (κ1) is 15.6. The van der Waals surface area contributed by atoms with E-state index < -0.39 is 9.84 Å². The first-order valence-corrected chi connectivity index (χ1v) is 8.66. The average molecular weight is 312 g/mol. The van der Waals surface area contributed by atoms with Crippen molar-refractivity contribution in [3.05, 3.63) is 23.8 Å². The number of hydrogen-bond acceptors (Lipinski definition) is 5. The highest BCUT2D eigenvalue weighted by molar-refractivity contribution is 7.91. The van der Waals surface area contributed by atoms with Gasteiger partial charge < -0.3 is 15.4 Å². The van der Waals surface area contributed by atoms with Crippen LogP contribution in [0.25, 0.3) is 0 Å². The van der Waals surface area contributed by atoms with E-state index in [0.717, 1.165) is 0 Å². The lowest BCUT2D eigenvalue weighted by atomic mass is 10.1. The number of anilines is 1. The van der Waals surface area contributed by atoms with E-state index in [4.69, 9.17) is 10.5 Å². The molecule has 1 fully saturated rings. The maximum Gasteiger partial charge on any atom is 0.259 e. The molecule has 2 N–H and O–H groups in total. The fourth-order valence-corrected chi connectivity index (χ4v) is 4.25. The zero-order valence-corrected chi connectivity index (χ0v) is 13.0. The van der Waals surface area contributed by atoms with Crippen molar-refractivity contribution in [1.82, 2.24) is 4.90 Å². The monoisotopic (exact) mass is 312 g/mol. The maximum atomic E-state index is 12.6. The highest BCUT2D eigenvalue weighted by Crippen LogP contribution is 2.28. The Hall–Kier alpha value is -1.76. The minimum Gasteiger partial charge on any atom is -0.493 e. The van der Waals surface area contributed by atoms with Crippen LogP contribution >= 0.6 is 0 Å². The third kappa shape index (κ3) is 3.29. The van der Waals surface area contributed by atoms with Crippen LogP contribution < -0.4 is 10.5 Å². The number of ether oxygens (including phenoxy) is 1. The molecule has 21 heavy (non-hydrogen) atoms. The molecule has 1 aliphatic heterocycles. The van der Waals surface area contributed by atoms with Gasteiger partial charge in [-0.05, 0) is 25.5 Å². The molecule has 1 aromatic carbocycles. The summed E-state index contributed by atoms with van der Waals surface area (Å²) in [6.07, 6.45) is 0.460. The fourth-order valence-electron chi connectivity index (χ4n) is 2.48. The standard InChI is InChI=1S/C14H20N2O4S/c1-3-20-12-6-4-5-11(15)13(12)14(17)16(2)10-7-8-21(18,19)9-10/h4-6,10H,3,7-9,15H2,1-2H3. The number of sulfone groups is 1. The number of amides is 1. The molecule has 0 bridgehead atoms. The van der Waals surface area contributed by atoms with E-state index in [1.165, 1.54) is 4.90 Å². The van der Waals surface area contributed by atoms with Crippen LogP contribution in [-0.4, -0.2) is 50.4 Å². The SMILES string of the molecule is CCOc1cccc(N)c1C(=O)N(C)C1CCS(=O)(=O)C1. The minimum atomic E-state index is -3.04. The lowest BCUT2D eigenvalue weighted by Gasteiger charge is -2.25. The Morgan fingerprint density at radius 3 is 2.76 bits per heavy atom. The highest BCUT2D eigenvalue weighted by Gasteiger charge is 2.34. The van der Waals surface area contributed by atoms with Gasteiger partial charge in [0, 0.05) is 18.8 Å². The van der Waals surface area contributed by atoms with Crippen LogP contribution in [0.2, 0.25) is 0 Å². The van der Waals surface area contributed by atoms with Gasteiger partial charge in [0.15, 0.2) is 9.84 Å². The largest absolute Gasteiger partial charge is 0.493 e. The minimum absolute atomic E-state index is 0.00590. The number of carbonyl (C=O) groups excluding carboxylic acids is 1. The molecule has 0 aliphatic carbocycles. The van der Waals surface area contributed by atoms with E-state index in [1.807, 2.05) is 6.92 Å². The molecule has 1 atom stereocenters. The second-order valence-electron chi connectivity index (χ2n) is 5.13. The molecule has 0 aromatic heterocycles. The predicted molar refractivity (Wildman–Crippen MR) is 81.2 cm³/mol. The van der Waals surface area contributed by atoms with Crippen molar-refractivity contribution >= 4 is 21.4 Å². The van der Waals surface area contributed by atoms with Crippen molar-refractivity contribution < 1.29 is 17.9 Å². The molecule has 7 heteroatoms. The van der Waals surface area contributed by atoms with Gasteiger partial charge in [-0.15, -0.1) is 0 Å². The number of nitrogens with zero attached hydrogens (tertiary/aromatic N) is 1. The molecular weight excluding hydrogens is 292 g/mol. The molecule has 1 amide bonds. The molecular formula is C14H20N2O4S. The highest BCUT2D eigenvalue weighted by atomic mass is 32.2. The Bertz CT molecular complexity index is 642. The second-order valence-corrected chi connectivity index (χ2v) is 7.36. The second kappa shape index (κ2) is 5.93. The van der Waals surface area contributed by atoms with Crippen molar-refractivity contribution in [2.45, 2.75) is 19.4 Å². The van der Waals surface area contributed by atoms with Crippen LogP contribution in [-0.2, 0) is 9.84 Å². The van der Waals surface area contributed by atoms with Crippen molar-refractivity contribution in [2.75, 3.05) is 30.9 Å². The summed E-state index contributed by atoms with van der Waals surface area (Å²) in [6, 6.07) is 4.73. The lowest BCUT2D eigenvalue weighted by molar-refractivity contribution is 0.0744. The summed E-state index contributed by atoms with van der Waals surface area (Å²) < 4.78 is 28.6. The number of hydrogen-bond donors (Lipinski definition) is 1. The molecule has 1 heterocycles.